The van der Waals surface area contributed by atoms with Crippen LogP contribution in [0.25, 0.3) is 17.1 Å². The monoisotopic (exact) mass is 298 g/mol. The molecule has 0 N–H and O–H groups in total. The lowest BCUT2D eigenvalue weighted by Gasteiger charge is -2.11. The minimum Gasteiger partial charge on any atom is -0.278 e. The SMILES string of the molecule is Cc1ccc(-n2c(CCl)nnc2-c2ccncc2)cc1C. The average Bonchev–Trinajstić information content (AvgIpc) is 2.95. The van der Waals surface area contributed by atoms with Gasteiger partial charge in [0.1, 0.15) is 0 Å². The van der Waals surface area contributed by atoms with Crippen LogP contribution in [0.1, 0.15) is 17.0 Å². The van der Waals surface area contributed by atoms with Gasteiger partial charge in [0.2, 0.25) is 0 Å². The highest BCUT2D eigenvalue weighted by molar-refractivity contribution is 6.16. The third-order valence-corrected chi connectivity index (χ3v) is 3.78. The second kappa shape index (κ2) is 5.66. The van der Waals surface area contributed by atoms with Crippen molar-refractivity contribution in [2.75, 3.05) is 0 Å². The number of aryl methyl sites for hydroxylation is 2. The van der Waals surface area contributed by atoms with E-state index in [1.165, 1.54) is 11.1 Å². The maximum Gasteiger partial charge on any atom is 0.168 e. The molecule has 0 radical (unpaired) electrons. The molecule has 0 saturated heterocycles. The zero-order valence-corrected chi connectivity index (χ0v) is 12.7. The third-order valence-electron chi connectivity index (χ3n) is 3.54. The number of hydrogen-bond donors (Lipinski definition) is 0. The highest BCUT2D eigenvalue weighted by Crippen LogP contribution is 2.24. The van der Waals surface area contributed by atoms with Gasteiger partial charge in [0.05, 0.1) is 5.88 Å². The number of alkyl halides is 1. The number of nitrogens with zero attached hydrogens (tertiary/aromatic N) is 4. The summed E-state index contributed by atoms with van der Waals surface area (Å²) in [6, 6.07) is 10.1. The molecule has 3 rings (SSSR count). The van der Waals surface area contributed by atoms with E-state index in [1.807, 2.05) is 16.7 Å². The van der Waals surface area contributed by atoms with E-state index in [-0.39, 0.29) is 0 Å². The molecule has 1 aromatic carbocycles. The summed E-state index contributed by atoms with van der Waals surface area (Å²) in [6.45, 7) is 4.19. The Bertz CT molecular complexity index is 765. The molecule has 0 aliphatic heterocycles. The first-order valence-electron chi connectivity index (χ1n) is 6.69. The van der Waals surface area contributed by atoms with Crippen LogP contribution in [0, 0.1) is 13.8 Å². The van der Waals surface area contributed by atoms with Crippen LogP contribution in [0.4, 0.5) is 0 Å². The van der Waals surface area contributed by atoms with Crippen LogP contribution in [0.5, 0.6) is 0 Å². The second-order valence-electron chi connectivity index (χ2n) is 4.91. The van der Waals surface area contributed by atoms with E-state index >= 15 is 0 Å². The van der Waals surface area contributed by atoms with Crippen LogP contribution in [-0.4, -0.2) is 19.7 Å². The Labute approximate surface area is 128 Å². The lowest BCUT2D eigenvalue weighted by atomic mass is 10.1. The standard InChI is InChI=1S/C16H15ClN4/c1-11-3-4-14(9-12(11)2)21-15(10-17)19-20-16(21)13-5-7-18-8-6-13/h3-9H,10H2,1-2H3. The summed E-state index contributed by atoms with van der Waals surface area (Å²) < 4.78 is 1.99. The fraction of sp³-hybridized carbons (Fsp3) is 0.188. The molecule has 0 fully saturated rings. The highest BCUT2D eigenvalue weighted by atomic mass is 35.5. The lowest BCUT2D eigenvalue weighted by molar-refractivity contribution is 0.951. The predicted molar refractivity (Wildman–Crippen MR) is 83.6 cm³/mol. The molecule has 3 aromatic rings. The van der Waals surface area contributed by atoms with Gasteiger partial charge in [-0.25, -0.2) is 0 Å². The minimum atomic E-state index is 0.311. The van der Waals surface area contributed by atoms with Gasteiger partial charge in [-0.1, -0.05) is 6.07 Å². The molecule has 0 atom stereocenters. The highest BCUT2D eigenvalue weighted by Gasteiger charge is 2.15. The maximum atomic E-state index is 6.02. The average molecular weight is 299 g/mol. The minimum absolute atomic E-state index is 0.311. The molecule has 2 aromatic heterocycles. The van der Waals surface area contributed by atoms with Crippen molar-refractivity contribution in [2.24, 2.45) is 0 Å². The van der Waals surface area contributed by atoms with Crippen molar-refractivity contribution in [3.63, 3.8) is 0 Å². The molecule has 0 aliphatic carbocycles. The number of halogens is 1. The van der Waals surface area contributed by atoms with Crippen molar-refractivity contribution in [3.05, 3.63) is 59.7 Å². The van der Waals surface area contributed by atoms with Gasteiger partial charge in [-0.3, -0.25) is 9.55 Å². The van der Waals surface area contributed by atoms with E-state index in [0.717, 1.165) is 22.9 Å². The van der Waals surface area contributed by atoms with Crippen LogP contribution in [0.2, 0.25) is 0 Å². The Hall–Kier alpha value is -2.20. The van der Waals surface area contributed by atoms with Gasteiger partial charge >= 0.3 is 0 Å². The van der Waals surface area contributed by atoms with E-state index in [4.69, 9.17) is 11.6 Å². The molecule has 0 bridgehead atoms. The van der Waals surface area contributed by atoms with Gasteiger partial charge in [0.25, 0.3) is 0 Å². The van der Waals surface area contributed by atoms with E-state index in [2.05, 4.69) is 47.2 Å². The van der Waals surface area contributed by atoms with Gasteiger partial charge < -0.3 is 0 Å². The summed E-state index contributed by atoms with van der Waals surface area (Å²) in [7, 11) is 0. The molecule has 4 nitrogen and oxygen atoms in total. The number of pyridine rings is 1. The molecule has 0 unspecified atom stereocenters. The first-order chi connectivity index (χ1) is 10.2. The maximum absolute atomic E-state index is 6.02. The Kier molecular flexibility index (Phi) is 3.71. The summed E-state index contributed by atoms with van der Waals surface area (Å²) in [4.78, 5) is 4.04. The van der Waals surface area contributed by atoms with Crippen molar-refractivity contribution < 1.29 is 0 Å². The Morgan fingerprint density at radius 1 is 1.00 bits per heavy atom. The normalized spacial score (nSPS) is 10.8. The first-order valence-corrected chi connectivity index (χ1v) is 7.22. The lowest BCUT2D eigenvalue weighted by Crippen LogP contribution is -2.02. The molecular formula is C16H15ClN4. The van der Waals surface area contributed by atoms with Crippen molar-refractivity contribution in [2.45, 2.75) is 19.7 Å². The van der Waals surface area contributed by atoms with E-state index in [0.29, 0.717) is 5.88 Å². The zero-order valence-electron chi connectivity index (χ0n) is 11.9. The number of benzene rings is 1. The van der Waals surface area contributed by atoms with Crippen LogP contribution in [-0.2, 0) is 5.88 Å². The van der Waals surface area contributed by atoms with Gasteiger partial charge in [0, 0.05) is 23.6 Å². The predicted octanol–water partition coefficient (Wildman–Crippen LogP) is 3.68. The zero-order chi connectivity index (χ0) is 14.8. The smallest absolute Gasteiger partial charge is 0.168 e. The Morgan fingerprint density at radius 3 is 2.43 bits per heavy atom. The number of hydrogen-bond acceptors (Lipinski definition) is 3. The molecule has 5 heteroatoms. The van der Waals surface area contributed by atoms with Gasteiger partial charge in [-0.2, -0.15) is 0 Å². The fourth-order valence-corrected chi connectivity index (χ4v) is 2.40. The van der Waals surface area contributed by atoms with Gasteiger partial charge in [-0.05, 0) is 49.2 Å². The van der Waals surface area contributed by atoms with Crippen LogP contribution >= 0.6 is 11.6 Å². The summed E-state index contributed by atoms with van der Waals surface area (Å²) in [5.41, 5.74) is 4.46. The van der Waals surface area contributed by atoms with Crippen molar-refractivity contribution in [1.29, 1.82) is 0 Å². The topological polar surface area (TPSA) is 43.6 Å². The molecule has 0 saturated carbocycles. The van der Waals surface area contributed by atoms with Crippen LogP contribution in [0.3, 0.4) is 0 Å². The molecule has 2 heterocycles. The second-order valence-corrected chi connectivity index (χ2v) is 5.18. The molecular weight excluding hydrogens is 284 g/mol. The van der Waals surface area contributed by atoms with Gasteiger partial charge in [-0.15, -0.1) is 21.8 Å². The van der Waals surface area contributed by atoms with E-state index < -0.39 is 0 Å². The Morgan fingerprint density at radius 2 is 1.76 bits per heavy atom. The summed E-state index contributed by atoms with van der Waals surface area (Å²) in [6.07, 6.45) is 3.49. The quantitative estimate of drug-likeness (QED) is 0.693. The molecule has 0 aliphatic rings. The van der Waals surface area contributed by atoms with E-state index in [9.17, 15) is 0 Å². The fourth-order valence-electron chi connectivity index (χ4n) is 2.23. The van der Waals surface area contributed by atoms with Crippen molar-refractivity contribution >= 4 is 11.6 Å². The van der Waals surface area contributed by atoms with Crippen molar-refractivity contribution in [3.8, 4) is 17.1 Å². The third kappa shape index (κ3) is 2.54. The van der Waals surface area contributed by atoms with Gasteiger partial charge in [0.15, 0.2) is 11.6 Å². The molecule has 0 spiro atoms. The number of aromatic nitrogens is 4. The van der Waals surface area contributed by atoms with E-state index in [1.54, 1.807) is 12.4 Å². The summed E-state index contributed by atoms with van der Waals surface area (Å²) in [5.74, 6) is 1.81. The Balaban J connectivity index is 2.21. The largest absolute Gasteiger partial charge is 0.278 e. The molecule has 0 amide bonds. The van der Waals surface area contributed by atoms with Crippen LogP contribution < -0.4 is 0 Å². The summed E-state index contributed by atoms with van der Waals surface area (Å²) >= 11 is 6.02. The molecule has 21 heavy (non-hydrogen) atoms. The first kappa shape index (κ1) is 13.8. The molecule has 106 valence electrons. The summed E-state index contributed by atoms with van der Waals surface area (Å²) in [5, 5.41) is 8.49. The van der Waals surface area contributed by atoms with Crippen molar-refractivity contribution in [1.82, 2.24) is 19.7 Å². The van der Waals surface area contributed by atoms with Crippen LogP contribution in [0.15, 0.2) is 42.7 Å². The number of rotatable bonds is 3.